The molecule has 1 fully saturated rings. The number of thiazole rings is 1. The summed E-state index contributed by atoms with van der Waals surface area (Å²) < 4.78 is 22.4. The highest BCUT2D eigenvalue weighted by atomic mass is 35.5. The highest BCUT2D eigenvalue weighted by Gasteiger charge is 2.33. The van der Waals surface area contributed by atoms with Crippen molar-refractivity contribution in [2.24, 2.45) is 0 Å². The second-order valence-corrected chi connectivity index (χ2v) is 9.82. The molecule has 34 heavy (non-hydrogen) atoms. The predicted molar refractivity (Wildman–Crippen MR) is 127 cm³/mol. The molecule has 4 aromatic rings. The number of carbonyl (C=O) groups is 1. The van der Waals surface area contributed by atoms with Crippen LogP contribution in [0.2, 0.25) is 4.34 Å². The quantitative estimate of drug-likeness (QED) is 0.424. The fourth-order valence-electron chi connectivity index (χ4n) is 4.49. The van der Waals surface area contributed by atoms with Crippen molar-refractivity contribution in [3.8, 4) is 17.3 Å². The highest BCUT2D eigenvalue weighted by Crippen LogP contribution is 2.37. The van der Waals surface area contributed by atoms with Gasteiger partial charge >= 0.3 is 0 Å². The molecule has 5 rings (SSSR count). The molecular weight excluding hydrogens is 481 g/mol. The van der Waals surface area contributed by atoms with Crippen LogP contribution in [0.5, 0.6) is 5.88 Å². The van der Waals surface area contributed by atoms with Gasteiger partial charge in [0.15, 0.2) is 5.01 Å². The van der Waals surface area contributed by atoms with Gasteiger partial charge in [0, 0.05) is 18.2 Å². The van der Waals surface area contributed by atoms with Gasteiger partial charge in [-0.25, -0.2) is 19.3 Å². The summed E-state index contributed by atoms with van der Waals surface area (Å²) in [7, 11) is 1.52. The summed E-state index contributed by atoms with van der Waals surface area (Å²) in [6.07, 6.45) is 3.68. The molecule has 176 valence electrons. The lowest BCUT2D eigenvalue weighted by Gasteiger charge is -2.34. The molecule has 0 saturated heterocycles. The van der Waals surface area contributed by atoms with E-state index in [0.717, 1.165) is 11.3 Å². The summed E-state index contributed by atoms with van der Waals surface area (Å²) in [5.41, 5.74) is 1.63. The topological polar surface area (TPSA) is 102 Å². The van der Waals surface area contributed by atoms with Crippen LogP contribution in [0, 0.1) is 5.82 Å². The normalized spacial score (nSPS) is 20.4. The van der Waals surface area contributed by atoms with Crippen molar-refractivity contribution in [2.75, 3.05) is 7.11 Å². The van der Waals surface area contributed by atoms with Gasteiger partial charge in [-0.2, -0.15) is 0 Å². The zero-order valence-electron chi connectivity index (χ0n) is 18.1. The number of fused-ring (bicyclic) bond motifs is 1. The molecule has 1 amide bonds. The molecule has 3 atom stereocenters. The van der Waals surface area contributed by atoms with E-state index >= 15 is 0 Å². The van der Waals surface area contributed by atoms with Gasteiger partial charge in [-0.05, 0) is 31.4 Å². The smallest absolute Gasteiger partial charge is 0.280 e. The zero-order valence-corrected chi connectivity index (χ0v) is 19.7. The molecule has 1 saturated carbocycles. The van der Waals surface area contributed by atoms with E-state index in [2.05, 4.69) is 20.3 Å². The van der Waals surface area contributed by atoms with E-state index in [1.54, 1.807) is 30.5 Å². The lowest BCUT2D eigenvalue weighted by molar-refractivity contribution is 0.0747. The summed E-state index contributed by atoms with van der Waals surface area (Å²) in [4.78, 5) is 25.6. The number of aliphatic hydroxyl groups is 1. The fraction of sp³-hybridized carbons (Fsp3) is 0.304. The molecule has 0 spiro atoms. The van der Waals surface area contributed by atoms with Crippen LogP contribution in [0.3, 0.4) is 0 Å². The Morgan fingerprint density at radius 1 is 1.26 bits per heavy atom. The largest absolute Gasteiger partial charge is 0.481 e. The molecule has 0 bridgehead atoms. The van der Waals surface area contributed by atoms with Gasteiger partial charge in [0.25, 0.3) is 5.91 Å². The fourth-order valence-corrected chi connectivity index (χ4v) is 5.30. The van der Waals surface area contributed by atoms with E-state index in [0.29, 0.717) is 51.9 Å². The number of ether oxygens (including phenoxy) is 1. The molecule has 8 nitrogen and oxygen atoms in total. The van der Waals surface area contributed by atoms with Crippen molar-refractivity contribution in [2.45, 2.75) is 37.5 Å². The number of imidazole rings is 1. The molecule has 1 aliphatic carbocycles. The van der Waals surface area contributed by atoms with Gasteiger partial charge in [0.2, 0.25) is 5.88 Å². The van der Waals surface area contributed by atoms with Crippen LogP contribution in [-0.4, -0.2) is 49.8 Å². The Morgan fingerprint density at radius 3 is 2.82 bits per heavy atom. The Morgan fingerprint density at radius 2 is 2.09 bits per heavy atom. The molecule has 2 N–H and O–H groups in total. The average molecular weight is 502 g/mol. The average Bonchev–Trinajstić information content (AvgIpc) is 3.42. The third-order valence-corrected chi connectivity index (χ3v) is 7.02. The minimum atomic E-state index is -0.668. The summed E-state index contributed by atoms with van der Waals surface area (Å²) in [6.45, 7) is 0. The Hall–Kier alpha value is -3.08. The van der Waals surface area contributed by atoms with Crippen LogP contribution < -0.4 is 10.1 Å². The van der Waals surface area contributed by atoms with Gasteiger partial charge in [-0.1, -0.05) is 35.1 Å². The molecule has 11 heteroatoms. The maximum atomic E-state index is 14.8. The number of halogens is 2. The molecule has 1 aromatic carbocycles. The van der Waals surface area contributed by atoms with Gasteiger partial charge in [0.1, 0.15) is 21.5 Å². The van der Waals surface area contributed by atoms with Crippen molar-refractivity contribution >= 4 is 39.9 Å². The first-order valence-electron chi connectivity index (χ1n) is 10.7. The van der Waals surface area contributed by atoms with Crippen LogP contribution >= 0.6 is 22.9 Å². The number of methoxy groups -OCH3 is 1. The molecule has 0 aliphatic heterocycles. The van der Waals surface area contributed by atoms with Crippen molar-refractivity contribution in [1.82, 2.24) is 24.8 Å². The van der Waals surface area contributed by atoms with Crippen molar-refractivity contribution in [3.05, 3.63) is 57.9 Å². The van der Waals surface area contributed by atoms with E-state index in [-0.39, 0.29) is 23.0 Å². The first-order valence-corrected chi connectivity index (χ1v) is 11.9. The number of hydrogen-bond acceptors (Lipinski definition) is 7. The van der Waals surface area contributed by atoms with Gasteiger partial charge in [-0.15, -0.1) is 0 Å². The number of rotatable bonds is 5. The number of nitrogens with zero attached hydrogens (tertiary/aromatic N) is 4. The number of amides is 1. The van der Waals surface area contributed by atoms with Crippen LogP contribution in [0.25, 0.3) is 22.4 Å². The van der Waals surface area contributed by atoms with Gasteiger partial charge in [0.05, 0.1) is 36.7 Å². The van der Waals surface area contributed by atoms with Gasteiger partial charge in [-0.3, -0.25) is 4.79 Å². The van der Waals surface area contributed by atoms with Gasteiger partial charge < -0.3 is 19.7 Å². The monoisotopic (exact) mass is 501 g/mol. The number of benzene rings is 1. The van der Waals surface area contributed by atoms with E-state index < -0.39 is 11.9 Å². The van der Waals surface area contributed by atoms with Crippen molar-refractivity contribution < 1.29 is 19.0 Å². The lowest BCUT2D eigenvalue weighted by atomic mass is 9.88. The first-order chi connectivity index (χ1) is 16.4. The third kappa shape index (κ3) is 4.36. The minimum absolute atomic E-state index is 0.262. The summed E-state index contributed by atoms with van der Waals surface area (Å²) >= 11 is 7.00. The van der Waals surface area contributed by atoms with Crippen LogP contribution in [-0.2, 0) is 0 Å². The first kappa shape index (κ1) is 22.7. The molecule has 1 aliphatic rings. The zero-order chi connectivity index (χ0) is 23.8. The third-order valence-electron chi connectivity index (χ3n) is 5.90. The van der Waals surface area contributed by atoms with Crippen LogP contribution in [0.1, 0.15) is 35.1 Å². The number of hydrogen-bond donors (Lipinski definition) is 2. The number of nitrogens with one attached hydrogen (secondary N) is 1. The second-order valence-electron chi connectivity index (χ2n) is 8.16. The molecule has 0 radical (unpaired) electrons. The second kappa shape index (κ2) is 9.28. The van der Waals surface area contributed by atoms with Crippen LogP contribution in [0.4, 0.5) is 4.39 Å². The standard InChI is InChI=1S/C23H21ClFN5O3S/c1-33-20-9-18-17(10-26-20)29-21(15-4-2-3-5-16(15)25)30(18)13-6-12(7-14(31)8-13)28-22(32)23-27-11-19(24)34-23/h2-5,9-14,31H,6-8H2,1H3,(H,28,32)/t12?,13-,14-/m0/s1. The Kier molecular flexibility index (Phi) is 6.20. The summed E-state index contributed by atoms with van der Waals surface area (Å²) in [5.74, 6) is 0.0842. The number of aromatic nitrogens is 4. The Labute approximate surface area is 203 Å². The summed E-state index contributed by atoms with van der Waals surface area (Å²) in [5, 5.41) is 13.9. The maximum Gasteiger partial charge on any atom is 0.280 e. The molecular formula is C23H21ClFN5O3S. The molecule has 3 aromatic heterocycles. The van der Waals surface area contributed by atoms with Crippen molar-refractivity contribution in [1.29, 1.82) is 0 Å². The highest BCUT2D eigenvalue weighted by molar-refractivity contribution is 7.17. The summed E-state index contributed by atoms with van der Waals surface area (Å²) in [6, 6.07) is 7.59. The van der Waals surface area contributed by atoms with E-state index in [9.17, 15) is 14.3 Å². The van der Waals surface area contributed by atoms with Crippen LogP contribution in [0.15, 0.2) is 42.7 Å². The Balaban J connectivity index is 1.54. The molecule has 1 unspecified atom stereocenters. The van der Waals surface area contributed by atoms with E-state index in [4.69, 9.17) is 16.3 Å². The maximum absolute atomic E-state index is 14.8. The minimum Gasteiger partial charge on any atom is -0.481 e. The molecule has 3 heterocycles. The van der Waals surface area contributed by atoms with Crippen molar-refractivity contribution in [3.63, 3.8) is 0 Å². The van der Waals surface area contributed by atoms with E-state index in [1.807, 2.05) is 4.57 Å². The number of pyridine rings is 1. The Bertz CT molecular complexity index is 1360. The van der Waals surface area contributed by atoms with E-state index in [1.165, 1.54) is 19.4 Å². The SMILES string of the molecule is COc1cc2c(cn1)nc(-c1ccccc1F)n2[C@H]1CC(NC(=O)c2ncc(Cl)s2)C[C@H](O)C1. The number of aliphatic hydroxyl groups excluding tert-OH is 1. The lowest BCUT2D eigenvalue weighted by Crippen LogP contribution is -2.43. The predicted octanol–water partition coefficient (Wildman–Crippen LogP) is 4.24. The number of carbonyl (C=O) groups excluding carboxylic acids is 1.